The van der Waals surface area contributed by atoms with Crippen LogP contribution in [0.15, 0.2) is 24.3 Å². The second-order valence-electron chi connectivity index (χ2n) is 5.03. The van der Waals surface area contributed by atoms with Crippen LogP contribution in [0, 0.1) is 0 Å². The zero-order chi connectivity index (χ0) is 13.9. The molecule has 106 valence electrons. The molecule has 1 saturated heterocycles. The van der Waals surface area contributed by atoms with E-state index >= 15 is 0 Å². The van der Waals surface area contributed by atoms with Gasteiger partial charge in [0.1, 0.15) is 0 Å². The molecule has 0 aliphatic carbocycles. The third-order valence-corrected chi connectivity index (χ3v) is 3.60. The molecular weight excluding hydrogens is 256 g/mol. The van der Waals surface area contributed by atoms with Crippen LogP contribution in [0.4, 0.5) is 0 Å². The van der Waals surface area contributed by atoms with Gasteiger partial charge in [0.25, 0.3) is 0 Å². The fourth-order valence-electron chi connectivity index (χ4n) is 2.45. The zero-order valence-corrected chi connectivity index (χ0v) is 11.5. The predicted molar refractivity (Wildman–Crippen MR) is 75.6 cm³/mol. The highest BCUT2D eigenvalue weighted by atomic mass is 16.7. The van der Waals surface area contributed by atoms with Gasteiger partial charge in [0, 0.05) is 31.8 Å². The maximum atomic E-state index is 12.2. The number of hydrogen-bond acceptors (Lipinski definition) is 4. The smallest absolute Gasteiger partial charge is 0.246 e. The van der Waals surface area contributed by atoms with Crippen molar-refractivity contribution in [2.24, 2.45) is 0 Å². The molecule has 0 saturated carbocycles. The van der Waals surface area contributed by atoms with Gasteiger partial charge in [-0.05, 0) is 30.7 Å². The maximum Gasteiger partial charge on any atom is 0.246 e. The summed E-state index contributed by atoms with van der Waals surface area (Å²) in [4.78, 5) is 14.1. The Labute approximate surface area is 118 Å². The minimum Gasteiger partial charge on any atom is -0.454 e. The topological polar surface area (TPSA) is 50.8 Å². The molecule has 1 aromatic carbocycles. The van der Waals surface area contributed by atoms with Crippen molar-refractivity contribution >= 4 is 12.0 Å². The minimum atomic E-state index is 0.0525. The molecule has 2 heterocycles. The number of carbonyl (C=O) groups is 1. The highest BCUT2D eigenvalue weighted by Gasteiger charge is 2.21. The van der Waals surface area contributed by atoms with Crippen molar-refractivity contribution in [3.8, 4) is 11.5 Å². The number of carbonyl (C=O) groups excluding carboxylic acids is 1. The Kier molecular flexibility index (Phi) is 3.60. The Morgan fingerprint density at radius 2 is 2.25 bits per heavy atom. The molecule has 0 bridgehead atoms. The molecule has 0 radical (unpaired) electrons. The van der Waals surface area contributed by atoms with Crippen LogP contribution in [-0.4, -0.2) is 43.3 Å². The fraction of sp³-hybridized carbons (Fsp3) is 0.400. The van der Waals surface area contributed by atoms with Crippen LogP contribution in [0.2, 0.25) is 0 Å². The summed E-state index contributed by atoms with van der Waals surface area (Å²) in [5.41, 5.74) is 0.936. The Hall–Kier alpha value is -2.01. The molecule has 0 aromatic heterocycles. The molecule has 2 aliphatic heterocycles. The van der Waals surface area contributed by atoms with Crippen molar-refractivity contribution in [3.05, 3.63) is 29.8 Å². The molecule has 20 heavy (non-hydrogen) atoms. The Morgan fingerprint density at radius 3 is 3.10 bits per heavy atom. The molecule has 5 nitrogen and oxygen atoms in total. The summed E-state index contributed by atoms with van der Waals surface area (Å²) in [5.74, 6) is 1.54. The number of benzene rings is 1. The molecule has 0 unspecified atom stereocenters. The summed E-state index contributed by atoms with van der Waals surface area (Å²) in [7, 11) is 0. The number of hydrogen-bond donors (Lipinski definition) is 1. The van der Waals surface area contributed by atoms with Crippen LogP contribution < -0.4 is 14.8 Å². The summed E-state index contributed by atoms with van der Waals surface area (Å²) in [6, 6.07) is 5.89. The molecule has 1 aromatic rings. The molecule has 1 amide bonds. The number of fused-ring (bicyclic) bond motifs is 1. The fourth-order valence-corrected chi connectivity index (χ4v) is 2.45. The molecule has 5 heteroatoms. The standard InChI is InChI=1S/C15H18N2O3/c1-11-9-16-6-7-17(11)15(18)5-3-12-2-4-13-14(8-12)20-10-19-13/h2-5,8,11,16H,6-7,9-10H2,1H3/b5-3+/t11-/m0/s1. The van der Waals surface area contributed by atoms with Gasteiger partial charge in [0.05, 0.1) is 0 Å². The van der Waals surface area contributed by atoms with E-state index in [1.165, 1.54) is 0 Å². The monoisotopic (exact) mass is 274 g/mol. The van der Waals surface area contributed by atoms with Crippen molar-refractivity contribution in [1.29, 1.82) is 0 Å². The molecule has 3 rings (SSSR count). The first kappa shape index (κ1) is 13.0. The van der Waals surface area contributed by atoms with Crippen molar-refractivity contribution in [3.63, 3.8) is 0 Å². The van der Waals surface area contributed by atoms with Gasteiger partial charge >= 0.3 is 0 Å². The van der Waals surface area contributed by atoms with Crippen molar-refractivity contribution in [2.75, 3.05) is 26.4 Å². The predicted octanol–water partition coefficient (Wildman–Crippen LogP) is 1.25. The van der Waals surface area contributed by atoms with Crippen LogP contribution in [0.5, 0.6) is 11.5 Å². The lowest BCUT2D eigenvalue weighted by atomic mass is 10.1. The largest absolute Gasteiger partial charge is 0.454 e. The van der Waals surface area contributed by atoms with E-state index in [0.717, 1.165) is 36.7 Å². The first-order chi connectivity index (χ1) is 9.74. The summed E-state index contributed by atoms with van der Waals surface area (Å²) >= 11 is 0. The van der Waals surface area contributed by atoms with E-state index in [1.807, 2.05) is 29.2 Å². The van der Waals surface area contributed by atoms with E-state index in [0.29, 0.717) is 0 Å². The summed E-state index contributed by atoms with van der Waals surface area (Å²) in [5, 5.41) is 3.27. The zero-order valence-electron chi connectivity index (χ0n) is 11.5. The molecule has 1 fully saturated rings. The Balaban J connectivity index is 1.68. The van der Waals surface area contributed by atoms with Crippen LogP contribution in [0.3, 0.4) is 0 Å². The summed E-state index contributed by atoms with van der Waals surface area (Å²) < 4.78 is 10.6. The highest BCUT2D eigenvalue weighted by Crippen LogP contribution is 2.32. The number of piperazine rings is 1. The van der Waals surface area contributed by atoms with E-state index in [1.54, 1.807) is 6.08 Å². The van der Waals surface area contributed by atoms with E-state index in [4.69, 9.17) is 9.47 Å². The van der Waals surface area contributed by atoms with Gasteiger partial charge in [0.2, 0.25) is 12.7 Å². The van der Waals surface area contributed by atoms with E-state index in [9.17, 15) is 4.79 Å². The van der Waals surface area contributed by atoms with Gasteiger partial charge in [-0.25, -0.2) is 0 Å². The lowest BCUT2D eigenvalue weighted by Gasteiger charge is -2.33. The molecule has 0 spiro atoms. The number of nitrogens with zero attached hydrogens (tertiary/aromatic N) is 1. The average Bonchev–Trinajstić information content (AvgIpc) is 2.92. The van der Waals surface area contributed by atoms with Crippen LogP contribution in [0.1, 0.15) is 12.5 Å². The van der Waals surface area contributed by atoms with Gasteiger partial charge in [-0.3, -0.25) is 4.79 Å². The van der Waals surface area contributed by atoms with Crippen molar-refractivity contribution in [2.45, 2.75) is 13.0 Å². The first-order valence-corrected chi connectivity index (χ1v) is 6.83. The first-order valence-electron chi connectivity index (χ1n) is 6.83. The number of rotatable bonds is 2. The van der Waals surface area contributed by atoms with Crippen LogP contribution in [-0.2, 0) is 4.79 Å². The third-order valence-electron chi connectivity index (χ3n) is 3.60. The van der Waals surface area contributed by atoms with Crippen molar-refractivity contribution in [1.82, 2.24) is 10.2 Å². The normalized spacial score (nSPS) is 21.4. The third kappa shape index (κ3) is 2.63. The van der Waals surface area contributed by atoms with Gasteiger partial charge in [-0.1, -0.05) is 6.07 Å². The Bertz CT molecular complexity index is 542. The van der Waals surface area contributed by atoms with Crippen molar-refractivity contribution < 1.29 is 14.3 Å². The lowest BCUT2D eigenvalue weighted by Crippen LogP contribution is -2.51. The number of amides is 1. The maximum absolute atomic E-state index is 12.2. The van der Waals surface area contributed by atoms with Gasteiger partial charge in [-0.2, -0.15) is 0 Å². The summed E-state index contributed by atoms with van der Waals surface area (Å²) in [6.45, 7) is 4.78. The quantitative estimate of drug-likeness (QED) is 0.825. The SMILES string of the molecule is C[C@H]1CNCCN1C(=O)/C=C/c1ccc2c(c1)OCO2. The van der Waals surface area contributed by atoms with Crippen LogP contribution in [0.25, 0.3) is 6.08 Å². The van der Waals surface area contributed by atoms with E-state index in [2.05, 4.69) is 12.2 Å². The molecular formula is C15H18N2O3. The number of nitrogens with one attached hydrogen (secondary N) is 1. The molecule has 1 N–H and O–H groups in total. The van der Waals surface area contributed by atoms with Gasteiger partial charge in [-0.15, -0.1) is 0 Å². The van der Waals surface area contributed by atoms with E-state index in [-0.39, 0.29) is 18.7 Å². The lowest BCUT2D eigenvalue weighted by molar-refractivity contribution is -0.128. The second kappa shape index (κ2) is 5.54. The highest BCUT2D eigenvalue weighted by molar-refractivity contribution is 5.92. The molecule has 2 aliphatic rings. The molecule has 1 atom stereocenters. The number of ether oxygens (including phenoxy) is 2. The van der Waals surface area contributed by atoms with Gasteiger partial charge in [0.15, 0.2) is 11.5 Å². The van der Waals surface area contributed by atoms with Crippen LogP contribution >= 0.6 is 0 Å². The van der Waals surface area contributed by atoms with E-state index < -0.39 is 0 Å². The van der Waals surface area contributed by atoms with Gasteiger partial charge < -0.3 is 19.7 Å². The Morgan fingerprint density at radius 1 is 1.40 bits per heavy atom. The minimum absolute atomic E-state index is 0.0525. The second-order valence-corrected chi connectivity index (χ2v) is 5.03. The summed E-state index contributed by atoms with van der Waals surface area (Å²) in [6.07, 6.45) is 3.44. The average molecular weight is 274 g/mol.